The first-order chi connectivity index (χ1) is 11.2. The maximum absolute atomic E-state index is 5.65. The van der Waals surface area contributed by atoms with Crippen molar-refractivity contribution in [1.82, 2.24) is 10.6 Å². The van der Waals surface area contributed by atoms with Crippen LogP contribution in [0.2, 0.25) is 0 Å². The van der Waals surface area contributed by atoms with Crippen LogP contribution in [0.4, 0.5) is 0 Å². The smallest absolute Gasteiger partial charge is 0.191 e. The van der Waals surface area contributed by atoms with E-state index in [4.69, 9.17) is 9.47 Å². The molecule has 0 saturated heterocycles. The van der Waals surface area contributed by atoms with Gasteiger partial charge in [0.05, 0.1) is 12.7 Å². The summed E-state index contributed by atoms with van der Waals surface area (Å²) in [7, 11) is 1.78. The van der Waals surface area contributed by atoms with E-state index in [-0.39, 0.29) is 6.10 Å². The molecule has 5 nitrogen and oxygen atoms in total. The number of nitrogens with one attached hydrogen (secondary N) is 2. The molecule has 0 unspecified atom stereocenters. The lowest BCUT2D eigenvalue weighted by atomic mass is 10.1. The SMILES string of the molecule is CCOCCCNC(=NC)NCc1cccc(COC(C)C)c1. The molecule has 1 aromatic rings. The number of ether oxygens (including phenoxy) is 2. The van der Waals surface area contributed by atoms with Crippen LogP contribution in [-0.2, 0) is 22.6 Å². The normalized spacial score (nSPS) is 11.8. The van der Waals surface area contributed by atoms with Gasteiger partial charge in [-0.25, -0.2) is 0 Å². The second-order valence-corrected chi connectivity index (χ2v) is 5.58. The minimum Gasteiger partial charge on any atom is -0.382 e. The van der Waals surface area contributed by atoms with Gasteiger partial charge in [0.2, 0.25) is 0 Å². The Labute approximate surface area is 140 Å². The summed E-state index contributed by atoms with van der Waals surface area (Å²) in [5.41, 5.74) is 2.41. The molecule has 0 fully saturated rings. The molecule has 0 spiro atoms. The van der Waals surface area contributed by atoms with Crippen LogP contribution < -0.4 is 10.6 Å². The molecule has 0 radical (unpaired) electrons. The van der Waals surface area contributed by atoms with Crippen LogP contribution in [0, 0.1) is 0 Å². The monoisotopic (exact) mass is 321 g/mol. The number of hydrogen-bond donors (Lipinski definition) is 2. The molecule has 0 saturated carbocycles. The van der Waals surface area contributed by atoms with Crippen molar-refractivity contribution in [2.75, 3.05) is 26.8 Å². The van der Waals surface area contributed by atoms with Gasteiger partial charge in [0, 0.05) is 33.4 Å². The van der Waals surface area contributed by atoms with E-state index in [1.54, 1.807) is 7.05 Å². The summed E-state index contributed by atoms with van der Waals surface area (Å²) in [5, 5.41) is 6.61. The van der Waals surface area contributed by atoms with E-state index < -0.39 is 0 Å². The van der Waals surface area contributed by atoms with E-state index in [9.17, 15) is 0 Å². The van der Waals surface area contributed by atoms with Gasteiger partial charge < -0.3 is 20.1 Å². The Morgan fingerprint density at radius 3 is 2.70 bits per heavy atom. The Kier molecular flexibility index (Phi) is 10.1. The Bertz CT molecular complexity index is 461. The number of aliphatic imine (C=N–C) groups is 1. The van der Waals surface area contributed by atoms with Crippen LogP contribution in [0.3, 0.4) is 0 Å². The van der Waals surface area contributed by atoms with Gasteiger partial charge in [-0.05, 0) is 38.3 Å². The molecule has 0 atom stereocenters. The molecular weight excluding hydrogens is 290 g/mol. The van der Waals surface area contributed by atoms with E-state index in [1.807, 2.05) is 20.8 Å². The number of guanidine groups is 1. The summed E-state index contributed by atoms with van der Waals surface area (Å²) >= 11 is 0. The van der Waals surface area contributed by atoms with Crippen LogP contribution in [0.25, 0.3) is 0 Å². The molecule has 0 aliphatic carbocycles. The first kappa shape index (κ1) is 19.5. The Morgan fingerprint density at radius 1 is 1.22 bits per heavy atom. The highest BCUT2D eigenvalue weighted by molar-refractivity contribution is 5.79. The second-order valence-electron chi connectivity index (χ2n) is 5.58. The van der Waals surface area contributed by atoms with Crippen molar-refractivity contribution in [2.45, 2.75) is 46.4 Å². The van der Waals surface area contributed by atoms with Crippen molar-refractivity contribution in [3.63, 3.8) is 0 Å². The van der Waals surface area contributed by atoms with Gasteiger partial charge in [0.25, 0.3) is 0 Å². The molecule has 0 aromatic heterocycles. The lowest BCUT2D eigenvalue weighted by molar-refractivity contribution is 0.0657. The number of benzene rings is 1. The van der Waals surface area contributed by atoms with Gasteiger partial charge in [-0.15, -0.1) is 0 Å². The Morgan fingerprint density at radius 2 is 2.00 bits per heavy atom. The first-order valence-electron chi connectivity index (χ1n) is 8.37. The lowest BCUT2D eigenvalue weighted by Gasteiger charge is -2.13. The summed E-state index contributed by atoms with van der Waals surface area (Å²) in [5.74, 6) is 0.810. The predicted octanol–water partition coefficient (Wildman–Crippen LogP) is 2.70. The molecule has 1 aromatic carbocycles. The summed E-state index contributed by atoms with van der Waals surface area (Å²) in [4.78, 5) is 4.23. The zero-order chi connectivity index (χ0) is 16.9. The van der Waals surface area contributed by atoms with Gasteiger partial charge in [-0.1, -0.05) is 24.3 Å². The predicted molar refractivity (Wildman–Crippen MR) is 95.7 cm³/mol. The number of rotatable bonds is 10. The highest BCUT2D eigenvalue weighted by Crippen LogP contribution is 2.07. The third kappa shape index (κ3) is 9.21. The second kappa shape index (κ2) is 11.9. The fourth-order valence-electron chi connectivity index (χ4n) is 2.02. The summed E-state index contributed by atoms with van der Waals surface area (Å²) in [6, 6.07) is 8.42. The Balaban J connectivity index is 2.35. The molecule has 23 heavy (non-hydrogen) atoms. The molecule has 0 heterocycles. The van der Waals surface area contributed by atoms with Gasteiger partial charge in [-0.2, -0.15) is 0 Å². The average molecular weight is 321 g/mol. The Hall–Kier alpha value is -1.59. The first-order valence-corrected chi connectivity index (χ1v) is 8.37. The van der Waals surface area contributed by atoms with Crippen molar-refractivity contribution < 1.29 is 9.47 Å². The standard InChI is InChI=1S/C18H31N3O2/c1-5-22-11-7-10-20-18(19-4)21-13-16-8-6-9-17(12-16)14-23-15(2)3/h6,8-9,12,15H,5,7,10-11,13-14H2,1-4H3,(H2,19,20,21). The zero-order valence-corrected chi connectivity index (χ0v) is 14.9. The summed E-state index contributed by atoms with van der Waals surface area (Å²) in [6.45, 7) is 9.88. The number of hydrogen-bond acceptors (Lipinski definition) is 3. The molecule has 2 N–H and O–H groups in total. The van der Waals surface area contributed by atoms with Crippen LogP contribution in [0.5, 0.6) is 0 Å². The minimum absolute atomic E-state index is 0.247. The fraction of sp³-hybridized carbons (Fsp3) is 0.611. The third-order valence-corrected chi connectivity index (χ3v) is 3.22. The third-order valence-electron chi connectivity index (χ3n) is 3.22. The van der Waals surface area contributed by atoms with Gasteiger partial charge in [-0.3, -0.25) is 4.99 Å². The highest BCUT2D eigenvalue weighted by Gasteiger charge is 2.01. The maximum atomic E-state index is 5.65. The van der Waals surface area contributed by atoms with Crippen molar-refractivity contribution in [1.29, 1.82) is 0 Å². The topological polar surface area (TPSA) is 54.9 Å². The molecule has 0 bridgehead atoms. The maximum Gasteiger partial charge on any atom is 0.191 e. The molecule has 1 rings (SSSR count). The quantitative estimate of drug-likeness (QED) is 0.395. The van der Waals surface area contributed by atoms with Gasteiger partial charge in [0.1, 0.15) is 0 Å². The van der Waals surface area contributed by atoms with Crippen LogP contribution in [0.1, 0.15) is 38.3 Å². The van der Waals surface area contributed by atoms with E-state index in [2.05, 4.69) is 39.9 Å². The fourth-order valence-corrected chi connectivity index (χ4v) is 2.02. The van der Waals surface area contributed by atoms with Crippen LogP contribution >= 0.6 is 0 Å². The largest absolute Gasteiger partial charge is 0.382 e. The molecular formula is C18H31N3O2. The molecule has 0 aliphatic heterocycles. The average Bonchev–Trinajstić information content (AvgIpc) is 2.56. The van der Waals surface area contributed by atoms with Crippen molar-refractivity contribution in [3.8, 4) is 0 Å². The van der Waals surface area contributed by atoms with E-state index >= 15 is 0 Å². The van der Waals surface area contributed by atoms with E-state index in [0.29, 0.717) is 6.61 Å². The molecule has 5 heteroatoms. The van der Waals surface area contributed by atoms with Crippen molar-refractivity contribution >= 4 is 5.96 Å². The molecule has 0 aliphatic rings. The summed E-state index contributed by atoms with van der Waals surface area (Å²) in [6.07, 6.45) is 1.22. The number of nitrogens with zero attached hydrogens (tertiary/aromatic N) is 1. The molecule has 130 valence electrons. The molecule has 0 amide bonds. The van der Waals surface area contributed by atoms with Crippen molar-refractivity contribution in [3.05, 3.63) is 35.4 Å². The van der Waals surface area contributed by atoms with Gasteiger partial charge >= 0.3 is 0 Å². The lowest BCUT2D eigenvalue weighted by Crippen LogP contribution is -2.37. The van der Waals surface area contributed by atoms with Crippen LogP contribution in [0.15, 0.2) is 29.3 Å². The highest BCUT2D eigenvalue weighted by atomic mass is 16.5. The van der Waals surface area contributed by atoms with Crippen molar-refractivity contribution in [2.24, 2.45) is 4.99 Å². The summed E-state index contributed by atoms with van der Waals surface area (Å²) < 4.78 is 11.0. The van der Waals surface area contributed by atoms with Gasteiger partial charge in [0.15, 0.2) is 5.96 Å². The van der Waals surface area contributed by atoms with Crippen LogP contribution in [-0.4, -0.2) is 38.9 Å². The zero-order valence-electron chi connectivity index (χ0n) is 14.9. The minimum atomic E-state index is 0.247. The van der Waals surface area contributed by atoms with E-state index in [0.717, 1.165) is 38.7 Å². The van der Waals surface area contributed by atoms with E-state index in [1.165, 1.54) is 11.1 Å².